The number of nitrogens with zero attached hydrogens (tertiary/aromatic N) is 2. The van der Waals surface area contributed by atoms with Gasteiger partial charge in [-0.2, -0.15) is 0 Å². The van der Waals surface area contributed by atoms with Crippen LogP contribution in [0.3, 0.4) is 0 Å². The van der Waals surface area contributed by atoms with Crippen LogP contribution in [0, 0.1) is 10.1 Å². The van der Waals surface area contributed by atoms with Crippen molar-refractivity contribution in [1.82, 2.24) is 0 Å². The number of aliphatic carboxylic acids is 1. The van der Waals surface area contributed by atoms with Crippen LogP contribution in [0.25, 0.3) is 0 Å². The van der Waals surface area contributed by atoms with Crippen LogP contribution in [0.1, 0.15) is 6.42 Å². The van der Waals surface area contributed by atoms with Gasteiger partial charge in [-0.05, 0) is 22.0 Å². The number of anilines is 1. The fraction of sp³-hybridized carbons (Fsp3) is 0.300. The van der Waals surface area contributed by atoms with Crippen LogP contribution in [0.4, 0.5) is 11.4 Å². The predicted octanol–water partition coefficient (Wildman–Crippen LogP) is 2.27. The fourth-order valence-corrected chi connectivity index (χ4v) is 1.84. The van der Waals surface area contributed by atoms with Crippen molar-refractivity contribution in [3.63, 3.8) is 0 Å². The smallest absolute Gasteiger partial charge is 0.305 e. The number of nitro benzene ring substituents is 1. The molecule has 0 aromatic heterocycles. The van der Waals surface area contributed by atoms with Crippen molar-refractivity contribution in [2.45, 2.75) is 6.42 Å². The molecule has 17 heavy (non-hydrogen) atoms. The Labute approximate surface area is 106 Å². The maximum absolute atomic E-state index is 10.6. The highest BCUT2D eigenvalue weighted by Crippen LogP contribution is 2.29. The summed E-state index contributed by atoms with van der Waals surface area (Å²) in [5, 5.41) is 19.2. The molecule has 0 spiro atoms. The minimum atomic E-state index is -0.904. The molecule has 0 aliphatic rings. The Bertz CT molecular complexity index is 450. The minimum absolute atomic E-state index is 0.0222. The molecule has 1 N–H and O–H groups in total. The molecule has 0 fully saturated rings. The Balaban J connectivity index is 2.91. The van der Waals surface area contributed by atoms with Gasteiger partial charge >= 0.3 is 5.97 Å². The Morgan fingerprint density at radius 2 is 2.24 bits per heavy atom. The average Bonchev–Trinajstić information content (AvgIpc) is 2.26. The number of hydrogen-bond donors (Lipinski definition) is 1. The summed E-state index contributed by atoms with van der Waals surface area (Å²) in [6, 6.07) is 4.37. The summed E-state index contributed by atoms with van der Waals surface area (Å²) in [5.74, 6) is -0.904. The number of halogens is 1. The first-order valence-electron chi connectivity index (χ1n) is 4.78. The van der Waals surface area contributed by atoms with Gasteiger partial charge in [0.2, 0.25) is 0 Å². The number of rotatable bonds is 5. The molecule has 0 heterocycles. The number of carboxylic acids is 1. The second-order valence-corrected chi connectivity index (χ2v) is 4.31. The van der Waals surface area contributed by atoms with E-state index in [4.69, 9.17) is 5.11 Å². The molecule has 1 rings (SSSR count). The number of non-ortho nitro benzene ring substituents is 1. The van der Waals surface area contributed by atoms with E-state index in [1.54, 1.807) is 18.0 Å². The van der Waals surface area contributed by atoms with E-state index < -0.39 is 10.9 Å². The zero-order chi connectivity index (χ0) is 13.0. The Kier molecular flexibility index (Phi) is 4.45. The highest BCUT2D eigenvalue weighted by Gasteiger charge is 2.13. The fourth-order valence-electron chi connectivity index (χ4n) is 1.29. The molecule has 0 saturated carbocycles. The van der Waals surface area contributed by atoms with Crippen molar-refractivity contribution in [2.24, 2.45) is 0 Å². The molecule has 0 radical (unpaired) electrons. The van der Waals surface area contributed by atoms with Gasteiger partial charge in [0.1, 0.15) is 0 Å². The van der Waals surface area contributed by atoms with E-state index in [9.17, 15) is 14.9 Å². The maximum atomic E-state index is 10.6. The lowest BCUT2D eigenvalue weighted by Gasteiger charge is -2.19. The average molecular weight is 303 g/mol. The summed E-state index contributed by atoms with van der Waals surface area (Å²) in [6.07, 6.45) is -0.0222. The molecule has 0 bridgehead atoms. The molecular weight excluding hydrogens is 292 g/mol. The summed E-state index contributed by atoms with van der Waals surface area (Å²) in [4.78, 5) is 22.3. The van der Waals surface area contributed by atoms with Gasteiger partial charge in [-0.15, -0.1) is 0 Å². The zero-order valence-corrected chi connectivity index (χ0v) is 10.7. The molecule has 0 aliphatic carbocycles. The normalized spacial score (nSPS) is 10.0. The monoisotopic (exact) mass is 302 g/mol. The van der Waals surface area contributed by atoms with Crippen LogP contribution in [-0.2, 0) is 4.79 Å². The third kappa shape index (κ3) is 3.70. The van der Waals surface area contributed by atoms with Gasteiger partial charge in [0.05, 0.1) is 17.0 Å². The van der Waals surface area contributed by atoms with E-state index >= 15 is 0 Å². The number of carboxylic acid groups (broad SMARTS) is 1. The van der Waals surface area contributed by atoms with Crippen LogP contribution >= 0.6 is 15.9 Å². The summed E-state index contributed by atoms with van der Waals surface area (Å²) < 4.78 is 0.691. The Hall–Kier alpha value is -1.63. The SMILES string of the molecule is CN(CCC(=O)O)c1cc([N+](=O)[O-])ccc1Br. The standard InChI is InChI=1S/C10H11BrN2O4/c1-12(5-4-10(14)15)9-6-7(13(16)17)2-3-8(9)11/h2-3,6H,4-5H2,1H3,(H,14,15). The molecule has 1 aromatic carbocycles. The van der Waals surface area contributed by atoms with E-state index in [1.165, 1.54) is 12.1 Å². The van der Waals surface area contributed by atoms with Gasteiger partial charge in [-0.3, -0.25) is 14.9 Å². The van der Waals surface area contributed by atoms with Crippen LogP contribution in [-0.4, -0.2) is 29.6 Å². The van der Waals surface area contributed by atoms with Gasteiger partial charge in [0.15, 0.2) is 0 Å². The lowest BCUT2D eigenvalue weighted by Crippen LogP contribution is -2.21. The number of hydrogen-bond acceptors (Lipinski definition) is 4. The van der Waals surface area contributed by atoms with Gasteiger partial charge in [0.25, 0.3) is 5.69 Å². The molecule has 0 unspecified atom stereocenters. The van der Waals surface area contributed by atoms with E-state index in [0.717, 1.165) is 0 Å². The predicted molar refractivity (Wildman–Crippen MR) is 66.3 cm³/mol. The first-order valence-corrected chi connectivity index (χ1v) is 5.58. The second kappa shape index (κ2) is 5.62. The number of carbonyl (C=O) groups is 1. The van der Waals surface area contributed by atoms with Gasteiger partial charge in [-0.25, -0.2) is 0 Å². The van der Waals surface area contributed by atoms with Crippen molar-refractivity contribution in [1.29, 1.82) is 0 Å². The zero-order valence-electron chi connectivity index (χ0n) is 9.09. The molecule has 6 nitrogen and oxygen atoms in total. The van der Waals surface area contributed by atoms with Crippen molar-refractivity contribution in [2.75, 3.05) is 18.5 Å². The highest BCUT2D eigenvalue weighted by atomic mass is 79.9. The third-order valence-electron chi connectivity index (χ3n) is 2.21. The minimum Gasteiger partial charge on any atom is -0.481 e. The van der Waals surface area contributed by atoms with Crippen molar-refractivity contribution >= 4 is 33.3 Å². The summed E-state index contributed by atoms with van der Waals surface area (Å²) in [5.41, 5.74) is 0.575. The first kappa shape index (κ1) is 13.4. The maximum Gasteiger partial charge on any atom is 0.305 e. The molecule has 0 aliphatic heterocycles. The van der Waals surface area contributed by atoms with E-state index in [1.807, 2.05) is 0 Å². The summed E-state index contributed by atoms with van der Waals surface area (Å²) >= 11 is 3.28. The topological polar surface area (TPSA) is 83.7 Å². The van der Waals surface area contributed by atoms with Gasteiger partial charge in [0, 0.05) is 30.2 Å². The van der Waals surface area contributed by atoms with Crippen LogP contribution in [0.2, 0.25) is 0 Å². The molecule has 0 amide bonds. The van der Waals surface area contributed by atoms with E-state index in [0.29, 0.717) is 10.2 Å². The van der Waals surface area contributed by atoms with Crippen LogP contribution < -0.4 is 4.90 Å². The molecular formula is C10H11BrN2O4. The first-order chi connectivity index (χ1) is 7.91. The molecule has 92 valence electrons. The number of benzene rings is 1. The van der Waals surface area contributed by atoms with Crippen LogP contribution in [0.15, 0.2) is 22.7 Å². The number of nitro groups is 1. The Morgan fingerprint density at radius 1 is 1.59 bits per heavy atom. The van der Waals surface area contributed by atoms with Gasteiger partial charge in [-0.1, -0.05) is 0 Å². The summed E-state index contributed by atoms with van der Waals surface area (Å²) in [6.45, 7) is 0.287. The van der Waals surface area contributed by atoms with Crippen molar-refractivity contribution in [3.8, 4) is 0 Å². The van der Waals surface area contributed by atoms with E-state index in [-0.39, 0.29) is 18.7 Å². The van der Waals surface area contributed by atoms with Gasteiger partial charge < -0.3 is 10.0 Å². The molecule has 7 heteroatoms. The van der Waals surface area contributed by atoms with Crippen LogP contribution in [0.5, 0.6) is 0 Å². The highest BCUT2D eigenvalue weighted by molar-refractivity contribution is 9.10. The largest absolute Gasteiger partial charge is 0.481 e. The molecule has 1 aromatic rings. The third-order valence-corrected chi connectivity index (χ3v) is 2.88. The van der Waals surface area contributed by atoms with Crippen molar-refractivity contribution in [3.05, 3.63) is 32.8 Å². The van der Waals surface area contributed by atoms with Crippen molar-refractivity contribution < 1.29 is 14.8 Å². The molecule has 0 saturated heterocycles. The lowest BCUT2D eigenvalue weighted by atomic mass is 10.2. The Morgan fingerprint density at radius 3 is 2.76 bits per heavy atom. The quantitative estimate of drug-likeness (QED) is 0.666. The summed E-state index contributed by atoms with van der Waals surface area (Å²) in [7, 11) is 1.69. The lowest BCUT2D eigenvalue weighted by molar-refractivity contribution is -0.384. The van der Waals surface area contributed by atoms with E-state index in [2.05, 4.69) is 15.9 Å². The molecule has 0 atom stereocenters. The second-order valence-electron chi connectivity index (χ2n) is 3.46.